The van der Waals surface area contributed by atoms with Crippen LogP contribution in [0.15, 0.2) is 108 Å². The SMILES string of the molecule is O=C1[C@@H]2[C@H]3c4ccc(cc4)[C@@](C=Nc4ccccc4)(c4ccccc43)[C@H]2C(=O)N1c1ccccc1[N+](=O)[O-]. The van der Waals surface area contributed by atoms with Gasteiger partial charge in [-0.15, -0.1) is 0 Å². The molecular formula is C31H21N3O4. The lowest BCUT2D eigenvalue weighted by atomic mass is 9.52. The summed E-state index contributed by atoms with van der Waals surface area (Å²) in [5.74, 6) is -2.79. The minimum absolute atomic E-state index is 0.00103. The number of amides is 2. The van der Waals surface area contributed by atoms with Gasteiger partial charge in [-0.25, -0.2) is 4.90 Å². The first kappa shape index (κ1) is 22.3. The van der Waals surface area contributed by atoms with Gasteiger partial charge in [0.25, 0.3) is 5.69 Å². The van der Waals surface area contributed by atoms with Crippen molar-refractivity contribution >= 4 is 35.1 Å². The van der Waals surface area contributed by atoms with Crippen molar-refractivity contribution in [3.63, 3.8) is 0 Å². The summed E-state index contributed by atoms with van der Waals surface area (Å²) in [7, 11) is 0. The van der Waals surface area contributed by atoms with Gasteiger partial charge < -0.3 is 0 Å². The van der Waals surface area contributed by atoms with Crippen molar-refractivity contribution in [2.24, 2.45) is 16.8 Å². The predicted molar refractivity (Wildman–Crippen MR) is 143 cm³/mol. The molecule has 184 valence electrons. The molecule has 0 saturated carbocycles. The van der Waals surface area contributed by atoms with E-state index in [4.69, 9.17) is 4.99 Å². The number of para-hydroxylation sites is 3. The van der Waals surface area contributed by atoms with Crippen molar-refractivity contribution < 1.29 is 14.5 Å². The van der Waals surface area contributed by atoms with E-state index < -0.39 is 34.0 Å². The van der Waals surface area contributed by atoms with Crippen LogP contribution in [0.25, 0.3) is 0 Å². The van der Waals surface area contributed by atoms with Crippen LogP contribution in [0.4, 0.5) is 17.1 Å². The third kappa shape index (κ3) is 2.87. The first-order valence-electron chi connectivity index (χ1n) is 12.4. The lowest BCUT2D eigenvalue weighted by molar-refractivity contribution is -0.384. The van der Waals surface area contributed by atoms with Crippen LogP contribution < -0.4 is 4.90 Å². The molecule has 0 unspecified atom stereocenters. The highest BCUT2D eigenvalue weighted by Crippen LogP contribution is 2.60. The molecule has 4 aromatic carbocycles. The average Bonchev–Trinajstić information content (AvgIpc) is 3.19. The van der Waals surface area contributed by atoms with Gasteiger partial charge in [0.1, 0.15) is 5.69 Å². The highest BCUT2D eigenvalue weighted by atomic mass is 16.6. The maximum atomic E-state index is 14.4. The maximum Gasteiger partial charge on any atom is 0.293 e. The van der Waals surface area contributed by atoms with E-state index in [1.54, 1.807) is 6.07 Å². The lowest BCUT2D eigenvalue weighted by Gasteiger charge is -2.48. The molecular weight excluding hydrogens is 478 g/mol. The number of aliphatic imine (C=N–C) groups is 1. The summed E-state index contributed by atoms with van der Waals surface area (Å²) < 4.78 is 0. The second kappa shape index (κ2) is 8.05. The van der Waals surface area contributed by atoms with Crippen molar-refractivity contribution in [3.05, 3.63) is 135 Å². The van der Waals surface area contributed by atoms with E-state index in [9.17, 15) is 19.7 Å². The van der Waals surface area contributed by atoms with Crippen LogP contribution in [0.2, 0.25) is 0 Å². The van der Waals surface area contributed by atoms with E-state index in [0.717, 1.165) is 32.8 Å². The number of carbonyl (C=O) groups is 2. The van der Waals surface area contributed by atoms with E-state index in [2.05, 4.69) is 0 Å². The molecule has 7 heteroatoms. The molecule has 5 aliphatic carbocycles. The van der Waals surface area contributed by atoms with Crippen LogP contribution >= 0.6 is 0 Å². The van der Waals surface area contributed by atoms with Gasteiger partial charge in [0.05, 0.1) is 27.9 Å². The molecule has 4 aromatic rings. The molecule has 1 aliphatic heterocycles. The van der Waals surface area contributed by atoms with Crippen molar-refractivity contribution in [1.29, 1.82) is 0 Å². The standard InChI is InChI=1S/C31H21N3O4/c35-29-27-26-19-14-16-20(17-15-19)31(23-11-5-4-10-22(23)26,18-32-21-8-2-1-3-9-21)28(27)30(36)33(29)24-12-6-7-13-25(24)34(37)38/h1-18,26-28H/t26-,27+,28+,31-/m0/s1. The van der Waals surface area contributed by atoms with Crippen LogP contribution in [-0.4, -0.2) is 23.0 Å². The van der Waals surface area contributed by atoms with Gasteiger partial charge in [0, 0.05) is 18.2 Å². The Morgan fingerprint density at radius 2 is 1.50 bits per heavy atom. The molecule has 1 fully saturated rings. The monoisotopic (exact) mass is 499 g/mol. The van der Waals surface area contributed by atoms with E-state index in [1.165, 1.54) is 18.2 Å². The summed E-state index contributed by atoms with van der Waals surface area (Å²) in [6.07, 6.45) is 1.81. The number of carbonyl (C=O) groups excluding carboxylic acids is 2. The van der Waals surface area contributed by atoms with Gasteiger partial charge in [-0.2, -0.15) is 0 Å². The van der Waals surface area contributed by atoms with Crippen LogP contribution in [0, 0.1) is 22.0 Å². The molecule has 0 radical (unpaired) electrons. The number of rotatable bonds is 4. The number of hydrogen-bond acceptors (Lipinski definition) is 5. The Labute approximate surface area is 218 Å². The average molecular weight is 500 g/mol. The Hall–Kier alpha value is -4.91. The molecule has 2 amide bonds. The molecule has 4 atom stereocenters. The zero-order valence-corrected chi connectivity index (χ0v) is 20.1. The molecule has 38 heavy (non-hydrogen) atoms. The van der Waals surface area contributed by atoms with Crippen molar-refractivity contribution in [1.82, 2.24) is 0 Å². The summed E-state index contributed by atoms with van der Waals surface area (Å²) >= 11 is 0. The van der Waals surface area contributed by atoms with E-state index in [-0.39, 0.29) is 17.3 Å². The summed E-state index contributed by atoms with van der Waals surface area (Å²) in [4.78, 5) is 45.9. The van der Waals surface area contributed by atoms with Crippen LogP contribution in [0.5, 0.6) is 0 Å². The minimum Gasteiger partial charge on any atom is -0.274 e. The van der Waals surface area contributed by atoms with Gasteiger partial charge >= 0.3 is 0 Å². The van der Waals surface area contributed by atoms with E-state index in [1.807, 2.05) is 85.1 Å². The second-order valence-corrected chi connectivity index (χ2v) is 9.91. The molecule has 0 spiro atoms. The lowest BCUT2D eigenvalue weighted by Crippen LogP contribution is -2.51. The Balaban J connectivity index is 1.52. The first-order valence-corrected chi connectivity index (χ1v) is 12.4. The number of imide groups is 1. The van der Waals surface area contributed by atoms with Gasteiger partial charge in [0.2, 0.25) is 11.8 Å². The Morgan fingerprint density at radius 3 is 2.26 bits per heavy atom. The van der Waals surface area contributed by atoms with Crippen molar-refractivity contribution in [3.8, 4) is 0 Å². The molecule has 0 N–H and O–H groups in total. The minimum atomic E-state index is -1.04. The highest BCUT2D eigenvalue weighted by Gasteiger charge is 2.65. The number of nitrogens with zero attached hydrogens (tertiary/aromatic N) is 3. The normalized spacial score (nSPS) is 24.8. The van der Waals surface area contributed by atoms with E-state index in [0.29, 0.717) is 0 Å². The molecule has 4 bridgehead atoms. The summed E-state index contributed by atoms with van der Waals surface area (Å²) in [6.45, 7) is 0. The summed E-state index contributed by atoms with van der Waals surface area (Å²) in [6, 6.07) is 31.4. The van der Waals surface area contributed by atoms with Gasteiger partial charge in [-0.1, -0.05) is 78.9 Å². The summed E-state index contributed by atoms with van der Waals surface area (Å²) in [5.41, 5.74) is 3.10. The van der Waals surface area contributed by atoms with Crippen LogP contribution in [0.3, 0.4) is 0 Å². The maximum absolute atomic E-state index is 14.4. The number of benzene rings is 4. The molecule has 1 heterocycles. The molecule has 10 rings (SSSR count). The highest BCUT2D eigenvalue weighted by molar-refractivity contribution is 6.25. The number of anilines is 1. The Bertz CT molecular complexity index is 1660. The second-order valence-electron chi connectivity index (χ2n) is 9.91. The number of nitro benzene ring substituents is 1. The molecule has 6 aliphatic rings. The largest absolute Gasteiger partial charge is 0.293 e. The van der Waals surface area contributed by atoms with Gasteiger partial charge in [-0.3, -0.25) is 24.7 Å². The van der Waals surface area contributed by atoms with Gasteiger partial charge in [-0.05, 0) is 40.5 Å². The van der Waals surface area contributed by atoms with Gasteiger partial charge in [0.15, 0.2) is 0 Å². The fourth-order valence-electron chi connectivity index (χ4n) is 6.66. The summed E-state index contributed by atoms with van der Waals surface area (Å²) in [5, 5.41) is 11.9. The quantitative estimate of drug-likeness (QED) is 0.159. The van der Waals surface area contributed by atoms with Crippen molar-refractivity contribution in [2.75, 3.05) is 4.90 Å². The van der Waals surface area contributed by atoms with E-state index >= 15 is 0 Å². The smallest absolute Gasteiger partial charge is 0.274 e. The number of nitro groups is 1. The van der Waals surface area contributed by atoms with Crippen LogP contribution in [0.1, 0.15) is 28.2 Å². The molecule has 1 saturated heterocycles. The number of hydrogen-bond donors (Lipinski definition) is 0. The predicted octanol–water partition coefficient (Wildman–Crippen LogP) is 5.55. The van der Waals surface area contributed by atoms with Crippen molar-refractivity contribution in [2.45, 2.75) is 11.3 Å². The Kier molecular flexibility index (Phi) is 4.72. The first-order chi connectivity index (χ1) is 18.5. The van der Waals surface area contributed by atoms with Crippen LogP contribution in [-0.2, 0) is 15.0 Å². The fraction of sp³-hybridized carbons (Fsp3) is 0.129. The zero-order chi connectivity index (χ0) is 26.0. The topological polar surface area (TPSA) is 92.9 Å². The Morgan fingerprint density at radius 1 is 0.816 bits per heavy atom. The fourth-order valence-corrected chi connectivity index (χ4v) is 6.66. The zero-order valence-electron chi connectivity index (χ0n) is 20.1. The third-order valence-electron chi connectivity index (χ3n) is 8.18. The molecule has 7 nitrogen and oxygen atoms in total. The molecule has 0 aromatic heterocycles. The third-order valence-corrected chi connectivity index (χ3v) is 8.18.